The summed E-state index contributed by atoms with van der Waals surface area (Å²) in [5, 5.41) is 15.6. The number of aromatic nitrogens is 2. The Bertz CT molecular complexity index is 1370. The summed E-state index contributed by atoms with van der Waals surface area (Å²) in [6.07, 6.45) is 6.13. The van der Waals surface area contributed by atoms with Crippen LogP contribution in [-0.4, -0.2) is 36.5 Å². The van der Waals surface area contributed by atoms with Gasteiger partial charge in [-0.3, -0.25) is 15.2 Å². The van der Waals surface area contributed by atoms with E-state index in [1.54, 1.807) is 18.5 Å². The Kier molecular flexibility index (Phi) is 5.30. The smallest absolute Gasteiger partial charge is 0.283 e. The van der Waals surface area contributed by atoms with Crippen molar-refractivity contribution in [3.05, 3.63) is 88.5 Å². The number of amides is 1. The van der Waals surface area contributed by atoms with Gasteiger partial charge in [0.15, 0.2) is 5.84 Å². The number of nitrogens with zero attached hydrogens (tertiary/aromatic N) is 5. The van der Waals surface area contributed by atoms with Crippen LogP contribution >= 0.6 is 11.8 Å². The summed E-state index contributed by atoms with van der Waals surface area (Å²) in [7, 11) is 0. The first-order chi connectivity index (χ1) is 16.0. The highest BCUT2D eigenvalue weighted by Crippen LogP contribution is 2.31. The van der Waals surface area contributed by atoms with E-state index in [1.165, 1.54) is 22.3 Å². The van der Waals surface area contributed by atoms with E-state index in [9.17, 15) is 4.79 Å². The second-order valence-electron chi connectivity index (χ2n) is 7.85. The highest BCUT2D eigenvalue weighted by atomic mass is 32.2. The van der Waals surface area contributed by atoms with Crippen LogP contribution in [0, 0.1) is 19.3 Å². The molecule has 7 nitrogen and oxygen atoms in total. The van der Waals surface area contributed by atoms with Crippen LogP contribution in [0.25, 0.3) is 11.8 Å². The van der Waals surface area contributed by atoms with E-state index in [0.717, 1.165) is 34.6 Å². The monoisotopic (exact) mass is 454 g/mol. The summed E-state index contributed by atoms with van der Waals surface area (Å²) >= 11 is 1.27. The molecule has 0 spiro atoms. The third-order valence-corrected chi connectivity index (χ3v) is 6.69. The number of rotatable bonds is 4. The maximum Gasteiger partial charge on any atom is 0.283 e. The molecule has 1 amide bonds. The number of hydrogen-bond acceptors (Lipinski definition) is 5. The van der Waals surface area contributed by atoms with Crippen LogP contribution in [0.4, 0.5) is 0 Å². The minimum absolute atomic E-state index is 0.0218. The van der Waals surface area contributed by atoms with Gasteiger partial charge in [-0.2, -0.15) is 15.1 Å². The Hall–Kier alpha value is -3.78. The first-order valence-corrected chi connectivity index (χ1v) is 11.5. The number of carbonyl (C=O) groups is 1. The van der Waals surface area contributed by atoms with Crippen molar-refractivity contribution in [2.24, 2.45) is 10.1 Å². The van der Waals surface area contributed by atoms with Gasteiger partial charge in [0.1, 0.15) is 5.04 Å². The summed E-state index contributed by atoms with van der Waals surface area (Å²) in [4.78, 5) is 21.2. The lowest BCUT2D eigenvalue weighted by Crippen LogP contribution is -2.35. The fourth-order valence-electron chi connectivity index (χ4n) is 3.97. The van der Waals surface area contributed by atoms with Crippen molar-refractivity contribution in [2.45, 2.75) is 27.2 Å². The first-order valence-electron chi connectivity index (χ1n) is 10.6. The normalized spacial score (nSPS) is 16.8. The zero-order valence-corrected chi connectivity index (χ0v) is 19.3. The summed E-state index contributed by atoms with van der Waals surface area (Å²) in [6.45, 7) is 6.19. The summed E-state index contributed by atoms with van der Waals surface area (Å²) < 4.78 is 2.15. The quantitative estimate of drug-likeness (QED) is 0.578. The minimum atomic E-state index is -0.432. The molecule has 0 bridgehead atoms. The number of nitrogens with one attached hydrogen (secondary N) is 1. The molecule has 1 aromatic carbocycles. The van der Waals surface area contributed by atoms with E-state index in [4.69, 9.17) is 5.41 Å². The van der Waals surface area contributed by atoms with Crippen molar-refractivity contribution in [3.63, 3.8) is 0 Å². The molecule has 0 atom stereocenters. The van der Waals surface area contributed by atoms with E-state index in [0.29, 0.717) is 10.2 Å². The standard InChI is InChI=1S/C25H22N6OS/c1-4-17-7-9-20(10-8-17)30-15(2)12-19(16(30)3)13-21-22(26)31-25(28-23(21)32)33-24(29-31)18-6-5-11-27-14-18/h5-14,26H,4H2,1-3H3/b21-13+,26-22?. The fraction of sp³-hybridized carbons (Fsp3) is 0.160. The molecule has 4 heterocycles. The first kappa shape index (κ1) is 21.1. The van der Waals surface area contributed by atoms with Gasteiger partial charge in [0.05, 0.1) is 5.57 Å². The van der Waals surface area contributed by atoms with Crippen molar-refractivity contribution in [1.29, 1.82) is 5.41 Å². The molecule has 0 saturated heterocycles. The van der Waals surface area contributed by atoms with Gasteiger partial charge in [0.2, 0.25) is 5.17 Å². The van der Waals surface area contributed by atoms with Crippen LogP contribution in [-0.2, 0) is 11.2 Å². The second-order valence-corrected chi connectivity index (χ2v) is 8.80. The molecule has 5 rings (SSSR count). The molecule has 164 valence electrons. The Morgan fingerprint density at radius 2 is 1.94 bits per heavy atom. The van der Waals surface area contributed by atoms with Crippen molar-refractivity contribution >= 4 is 39.8 Å². The number of hydrazone groups is 1. The Morgan fingerprint density at radius 3 is 2.64 bits per heavy atom. The summed E-state index contributed by atoms with van der Waals surface area (Å²) in [5.41, 5.74) is 6.32. The average Bonchev–Trinajstić information content (AvgIpc) is 3.38. The number of fused-ring (bicyclic) bond motifs is 1. The Balaban J connectivity index is 1.50. The predicted octanol–water partition coefficient (Wildman–Crippen LogP) is 4.72. The molecule has 0 aliphatic carbocycles. The van der Waals surface area contributed by atoms with Gasteiger partial charge in [-0.05, 0) is 79.6 Å². The second kappa shape index (κ2) is 8.29. The lowest BCUT2D eigenvalue weighted by Gasteiger charge is -2.20. The number of amidine groups is 2. The van der Waals surface area contributed by atoms with Gasteiger partial charge >= 0.3 is 0 Å². The molecular formula is C25H22N6OS. The molecule has 33 heavy (non-hydrogen) atoms. The van der Waals surface area contributed by atoms with E-state index >= 15 is 0 Å². The van der Waals surface area contributed by atoms with Crippen LogP contribution in [0.2, 0.25) is 0 Å². The van der Waals surface area contributed by atoms with Gasteiger partial charge < -0.3 is 4.57 Å². The highest BCUT2D eigenvalue weighted by molar-refractivity contribution is 8.27. The van der Waals surface area contributed by atoms with Gasteiger partial charge in [-0.25, -0.2) is 0 Å². The highest BCUT2D eigenvalue weighted by Gasteiger charge is 2.36. The molecule has 2 aliphatic rings. The third-order valence-electron chi connectivity index (χ3n) is 5.74. The molecule has 0 fully saturated rings. The van der Waals surface area contributed by atoms with Crippen LogP contribution in [0.15, 0.2) is 70.5 Å². The number of benzene rings is 1. The van der Waals surface area contributed by atoms with Gasteiger partial charge in [-0.15, -0.1) is 0 Å². The van der Waals surface area contributed by atoms with Crippen LogP contribution < -0.4 is 0 Å². The molecule has 8 heteroatoms. The Morgan fingerprint density at radius 1 is 1.15 bits per heavy atom. The topological polar surface area (TPSA) is 86.7 Å². The van der Waals surface area contributed by atoms with E-state index in [2.05, 4.69) is 50.8 Å². The van der Waals surface area contributed by atoms with Gasteiger partial charge in [0, 0.05) is 35.0 Å². The molecule has 0 saturated carbocycles. The maximum atomic E-state index is 12.8. The summed E-state index contributed by atoms with van der Waals surface area (Å²) in [5.74, 6) is -0.410. The molecule has 2 aliphatic heterocycles. The van der Waals surface area contributed by atoms with Crippen molar-refractivity contribution in [3.8, 4) is 5.69 Å². The van der Waals surface area contributed by atoms with Crippen molar-refractivity contribution in [1.82, 2.24) is 14.6 Å². The zero-order chi connectivity index (χ0) is 23.1. The van der Waals surface area contributed by atoms with Crippen LogP contribution in [0.5, 0.6) is 0 Å². The Labute approximate surface area is 196 Å². The third kappa shape index (κ3) is 3.72. The lowest BCUT2D eigenvalue weighted by atomic mass is 10.1. The SMILES string of the molecule is CCc1ccc(-n2c(C)cc(/C=C3\C(=N)N4N=C(c5cccnc5)SC4=NC3=O)c2C)cc1. The van der Waals surface area contributed by atoms with Gasteiger partial charge in [-0.1, -0.05) is 19.1 Å². The number of hydrogen-bond donors (Lipinski definition) is 1. The van der Waals surface area contributed by atoms with Crippen LogP contribution in [0.1, 0.15) is 35.0 Å². The molecule has 2 aromatic heterocycles. The number of thioether (sulfide) groups is 1. The zero-order valence-electron chi connectivity index (χ0n) is 18.5. The maximum absolute atomic E-state index is 12.8. The van der Waals surface area contributed by atoms with Crippen LogP contribution in [0.3, 0.4) is 0 Å². The molecule has 0 unspecified atom stereocenters. The number of aliphatic imine (C=N–C) groups is 1. The largest absolute Gasteiger partial charge is 0.318 e. The summed E-state index contributed by atoms with van der Waals surface area (Å²) in [6, 6.07) is 14.2. The number of aryl methyl sites for hydroxylation is 2. The van der Waals surface area contributed by atoms with E-state index in [-0.39, 0.29) is 11.4 Å². The fourth-order valence-corrected chi connectivity index (χ4v) is 4.85. The van der Waals surface area contributed by atoms with Crippen molar-refractivity contribution < 1.29 is 4.79 Å². The number of carbonyl (C=O) groups excluding carboxylic acids is 1. The lowest BCUT2D eigenvalue weighted by molar-refractivity contribution is -0.114. The average molecular weight is 455 g/mol. The van der Waals surface area contributed by atoms with E-state index in [1.807, 2.05) is 32.0 Å². The minimum Gasteiger partial charge on any atom is -0.318 e. The number of pyridine rings is 1. The van der Waals surface area contributed by atoms with E-state index < -0.39 is 5.91 Å². The molecular weight excluding hydrogens is 432 g/mol. The molecule has 1 N–H and O–H groups in total. The molecule has 3 aromatic rings. The van der Waals surface area contributed by atoms with Gasteiger partial charge in [0.25, 0.3) is 5.91 Å². The predicted molar refractivity (Wildman–Crippen MR) is 133 cm³/mol. The van der Waals surface area contributed by atoms with Crippen molar-refractivity contribution in [2.75, 3.05) is 0 Å². The molecule has 0 radical (unpaired) electrons.